The number of carbonyl (C=O) groups is 2. The molecule has 1 N–H and O–H groups in total. The van der Waals surface area contributed by atoms with Crippen LogP contribution in [0.2, 0.25) is 0 Å². The Kier molecular flexibility index (Phi) is 5.21. The summed E-state index contributed by atoms with van der Waals surface area (Å²) in [5, 5.41) is 3.01. The van der Waals surface area contributed by atoms with E-state index in [0.717, 1.165) is 12.1 Å². The summed E-state index contributed by atoms with van der Waals surface area (Å²) >= 11 is 0. The van der Waals surface area contributed by atoms with Crippen molar-refractivity contribution < 1.29 is 9.59 Å². The van der Waals surface area contributed by atoms with Crippen LogP contribution in [-0.4, -0.2) is 17.8 Å². The Hall–Kier alpha value is -1.71. The molecule has 4 heteroatoms. The molecule has 4 nitrogen and oxygen atoms in total. The summed E-state index contributed by atoms with van der Waals surface area (Å²) < 4.78 is 0. The van der Waals surface area contributed by atoms with Crippen LogP contribution in [0, 0.1) is 5.41 Å². The van der Waals surface area contributed by atoms with Gasteiger partial charge in [0.05, 0.1) is 5.57 Å². The molecule has 0 atom stereocenters. The number of hydrogen-bond acceptors (Lipinski definition) is 4. The highest BCUT2D eigenvalue weighted by atomic mass is 16.1. The Morgan fingerprint density at radius 3 is 2.37 bits per heavy atom. The third kappa shape index (κ3) is 4.47. The molecule has 1 aliphatic rings. The molecule has 0 aromatic rings. The molecule has 0 aromatic carbocycles. The highest BCUT2D eigenvalue weighted by Crippen LogP contribution is 2.33. The lowest BCUT2D eigenvalue weighted by molar-refractivity contribution is -0.127. The molecule has 0 aromatic heterocycles. The summed E-state index contributed by atoms with van der Waals surface area (Å²) in [7, 11) is 0. The minimum atomic E-state index is -0.221. The van der Waals surface area contributed by atoms with Crippen molar-refractivity contribution in [2.45, 2.75) is 47.0 Å². The monoisotopic (exact) mass is 262 g/mol. The number of nitrogens with zero attached hydrogens (tertiary/aromatic N) is 1. The number of Topliss-reactive ketones (excluding diaryl/α,β-unsaturated/α-hetero) is 2. The normalized spacial score (nSPS) is 20.0. The topological polar surface area (TPSA) is 58.5 Å². The third-order valence-electron chi connectivity index (χ3n) is 3.04. The highest BCUT2D eigenvalue weighted by molar-refractivity contribution is 6.22. The number of hydrogen-bond donors (Lipinski definition) is 1. The SMILES string of the molecule is C/C=N\C=C(/CC)NC=C1C(=O)CC(C)(C)CC1=O. The van der Waals surface area contributed by atoms with Gasteiger partial charge in [-0.3, -0.25) is 14.6 Å². The summed E-state index contributed by atoms with van der Waals surface area (Å²) in [6.45, 7) is 7.70. The summed E-state index contributed by atoms with van der Waals surface area (Å²) in [6, 6.07) is 0. The molecule has 0 spiro atoms. The Balaban J connectivity index is 2.82. The molecule has 0 heterocycles. The van der Waals surface area contributed by atoms with E-state index in [1.165, 1.54) is 6.20 Å². The molecule has 1 fully saturated rings. The van der Waals surface area contributed by atoms with Crippen LogP contribution < -0.4 is 5.32 Å². The quantitative estimate of drug-likeness (QED) is 0.481. The van der Waals surface area contributed by atoms with Crippen molar-refractivity contribution in [3.63, 3.8) is 0 Å². The maximum atomic E-state index is 12.0. The van der Waals surface area contributed by atoms with Crippen molar-refractivity contribution in [2.75, 3.05) is 0 Å². The Labute approximate surface area is 114 Å². The predicted octanol–water partition coefficient (Wildman–Crippen LogP) is 2.76. The van der Waals surface area contributed by atoms with Crippen LogP contribution in [0.4, 0.5) is 0 Å². The average molecular weight is 262 g/mol. The van der Waals surface area contributed by atoms with Gasteiger partial charge in [0.1, 0.15) is 0 Å². The second-order valence-electron chi connectivity index (χ2n) is 5.48. The van der Waals surface area contributed by atoms with Gasteiger partial charge in [-0.05, 0) is 18.8 Å². The highest BCUT2D eigenvalue weighted by Gasteiger charge is 2.35. The Morgan fingerprint density at radius 1 is 1.32 bits per heavy atom. The minimum Gasteiger partial charge on any atom is -0.363 e. The van der Waals surface area contributed by atoms with E-state index in [1.54, 1.807) is 12.4 Å². The first-order valence-electron chi connectivity index (χ1n) is 6.59. The summed E-state index contributed by atoms with van der Waals surface area (Å²) in [5.41, 5.74) is 0.928. The van der Waals surface area contributed by atoms with Crippen LogP contribution in [0.5, 0.6) is 0 Å². The zero-order valence-electron chi connectivity index (χ0n) is 12.1. The summed E-state index contributed by atoms with van der Waals surface area (Å²) in [4.78, 5) is 27.9. The van der Waals surface area contributed by atoms with E-state index in [-0.39, 0.29) is 22.6 Å². The Morgan fingerprint density at radius 2 is 1.89 bits per heavy atom. The number of ketones is 2. The van der Waals surface area contributed by atoms with Crippen molar-refractivity contribution in [1.29, 1.82) is 0 Å². The van der Waals surface area contributed by atoms with Crippen LogP contribution >= 0.6 is 0 Å². The largest absolute Gasteiger partial charge is 0.363 e. The molecule has 0 unspecified atom stereocenters. The fourth-order valence-corrected chi connectivity index (χ4v) is 2.00. The van der Waals surface area contributed by atoms with Gasteiger partial charge in [-0.15, -0.1) is 0 Å². The van der Waals surface area contributed by atoms with E-state index in [4.69, 9.17) is 0 Å². The molecule has 19 heavy (non-hydrogen) atoms. The Bertz CT molecular complexity index is 435. The number of allylic oxidation sites excluding steroid dienone is 2. The smallest absolute Gasteiger partial charge is 0.168 e. The molecule has 0 saturated heterocycles. The van der Waals surface area contributed by atoms with Gasteiger partial charge in [0, 0.05) is 37.2 Å². The van der Waals surface area contributed by atoms with Gasteiger partial charge in [-0.25, -0.2) is 0 Å². The number of aliphatic imine (C=N–C) groups is 1. The fraction of sp³-hybridized carbons (Fsp3) is 0.533. The van der Waals surface area contributed by atoms with E-state index in [1.807, 2.05) is 27.7 Å². The minimum absolute atomic E-state index is 0.0804. The van der Waals surface area contributed by atoms with Gasteiger partial charge in [-0.2, -0.15) is 0 Å². The van der Waals surface area contributed by atoms with Crippen molar-refractivity contribution >= 4 is 17.8 Å². The molecule has 0 radical (unpaired) electrons. The molecule has 0 aliphatic heterocycles. The number of rotatable bonds is 4. The number of carbonyl (C=O) groups excluding carboxylic acids is 2. The maximum absolute atomic E-state index is 12.0. The average Bonchev–Trinajstić information content (AvgIpc) is 2.30. The van der Waals surface area contributed by atoms with Crippen LogP contribution in [0.15, 0.2) is 28.7 Å². The van der Waals surface area contributed by atoms with Crippen LogP contribution in [-0.2, 0) is 9.59 Å². The van der Waals surface area contributed by atoms with Gasteiger partial charge in [-0.1, -0.05) is 20.8 Å². The zero-order valence-corrected chi connectivity index (χ0v) is 12.1. The lowest BCUT2D eigenvalue weighted by atomic mass is 9.74. The van der Waals surface area contributed by atoms with Gasteiger partial charge in [0.25, 0.3) is 0 Å². The van der Waals surface area contributed by atoms with E-state index in [9.17, 15) is 9.59 Å². The van der Waals surface area contributed by atoms with Crippen LogP contribution in [0.3, 0.4) is 0 Å². The number of nitrogens with one attached hydrogen (secondary N) is 1. The molecule has 1 aliphatic carbocycles. The maximum Gasteiger partial charge on any atom is 0.168 e. The first kappa shape index (κ1) is 15.3. The van der Waals surface area contributed by atoms with E-state index in [0.29, 0.717) is 12.8 Å². The van der Waals surface area contributed by atoms with Crippen molar-refractivity contribution in [3.05, 3.63) is 23.7 Å². The van der Waals surface area contributed by atoms with Crippen LogP contribution in [0.25, 0.3) is 0 Å². The van der Waals surface area contributed by atoms with Gasteiger partial charge < -0.3 is 5.32 Å². The summed E-state index contributed by atoms with van der Waals surface area (Å²) in [6.07, 6.45) is 6.51. The van der Waals surface area contributed by atoms with Crippen LogP contribution in [0.1, 0.15) is 47.0 Å². The first-order chi connectivity index (χ1) is 8.89. The molecular formula is C15H22N2O2. The van der Waals surface area contributed by atoms with Gasteiger partial charge in [0.15, 0.2) is 11.6 Å². The molecule has 0 bridgehead atoms. The second-order valence-corrected chi connectivity index (χ2v) is 5.48. The predicted molar refractivity (Wildman–Crippen MR) is 76.8 cm³/mol. The van der Waals surface area contributed by atoms with E-state index < -0.39 is 0 Å². The van der Waals surface area contributed by atoms with Gasteiger partial charge >= 0.3 is 0 Å². The summed E-state index contributed by atoms with van der Waals surface area (Å²) in [5.74, 6) is -0.161. The zero-order chi connectivity index (χ0) is 14.5. The van der Waals surface area contributed by atoms with Gasteiger partial charge in [0.2, 0.25) is 0 Å². The standard InChI is InChI=1S/C15H22N2O2/c1-5-11(9-16-6-2)17-10-12-13(18)7-15(3,4)8-14(12)19/h6,9-10,17H,5,7-8H2,1-4H3/b11-9+,16-6-. The van der Waals surface area contributed by atoms with E-state index >= 15 is 0 Å². The fourth-order valence-electron chi connectivity index (χ4n) is 2.00. The molecule has 0 amide bonds. The van der Waals surface area contributed by atoms with Crippen molar-refractivity contribution in [1.82, 2.24) is 5.32 Å². The van der Waals surface area contributed by atoms with Crippen molar-refractivity contribution in [2.24, 2.45) is 10.4 Å². The van der Waals surface area contributed by atoms with Crippen molar-refractivity contribution in [3.8, 4) is 0 Å². The molecular weight excluding hydrogens is 240 g/mol. The second kappa shape index (κ2) is 6.45. The lowest BCUT2D eigenvalue weighted by Crippen LogP contribution is -2.32. The third-order valence-corrected chi connectivity index (χ3v) is 3.04. The lowest BCUT2D eigenvalue weighted by Gasteiger charge is -2.28. The first-order valence-corrected chi connectivity index (χ1v) is 6.59. The molecule has 104 valence electrons. The molecule has 1 rings (SSSR count). The van der Waals surface area contributed by atoms with E-state index in [2.05, 4.69) is 10.3 Å². The molecule has 1 saturated carbocycles.